The SMILES string of the molecule is C/N=C\C(=C(/C)CC(C)(C)C)C(C)(C)C. The summed E-state index contributed by atoms with van der Waals surface area (Å²) in [4.78, 5) is 4.17. The van der Waals surface area contributed by atoms with E-state index in [1.807, 2.05) is 13.3 Å². The molecule has 0 saturated heterocycles. The first-order valence-corrected chi connectivity index (χ1v) is 5.70. The third-order valence-electron chi connectivity index (χ3n) is 2.32. The van der Waals surface area contributed by atoms with Crippen LogP contribution in [-0.2, 0) is 0 Å². The van der Waals surface area contributed by atoms with Crippen LogP contribution >= 0.6 is 0 Å². The molecule has 0 aliphatic heterocycles. The van der Waals surface area contributed by atoms with E-state index in [4.69, 9.17) is 0 Å². The van der Waals surface area contributed by atoms with Gasteiger partial charge in [-0.3, -0.25) is 4.99 Å². The van der Waals surface area contributed by atoms with Crippen LogP contribution in [0.25, 0.3) is 0 Å². The number of allylic oxidation sites excluding steroid dienone is 2. The Bertz CT molecular complexity index is 256. The maximum atomic E-state index is 4.17. The summed E-state index contributed by atoms with van der Waals surface area (Å²) in [6, 6.07) is 0. The van der Waals surface area contributed by atoms with E-state index in [0.717, 1.165) is 6.42 Å². The predicted octanol–water partition coefficient (Wildman–Crippen LogP) is 4.49. The molecule has 0 amide bonds. The van der Waals surface area contributed by atoms with Crippen molar-refractivity contribution in [3.8, 4) is 0 Å². The molecule has 0 heterocycles. The first-order chi connectivity index (χ1) is 6.58. The van der Waals surface area contributed by atoms with Crippen molar-refractivity contribution in [3.63, 3.8) is 0 Å². The minimum atomic E-state index is 0.189. The molecule has 1 heteroatoms. The lowest BCUT2D eigenvalue weighted by Crippen LogP contribution is -2.15. The molecule has 0 aromatic heterocycles. The van der Waals surface area contributed by atoms with Gasteiger partial charge in [0.2, 0.25) is 0 Å². The van der Waals surface area contributed by atoms with Gasteiger partial charge >= 0.3 is 0 Å². The van der Waals surface area contributed by atoms with E-state index in [9.17, 15) is 0 Å². The summed E-state index contributed by atoms with van der Waals surface area (Å²) in [6.07, 6.45) is 3.15. The quantitative estimate of drug-likeness (QED) is 0.594. The van der Waals surface area contributed by atoms with Gasteiger partial charge < -0.3 is 0 Å². The second kappa shape index (κ2) is 4.96. The van der Waals surface area contributed by atoms with Crippen molar-refractivity contribution in [2.75, 3.05) is 7.05 Å². The second-order valence-electron chi connectivity index (χ2n) is 6.57. The Morgan fingerprint density at radius 2 is 1.53 bits per heavy atom. The zero-order valence-corrected chi connectivity index (χ0v) is 11.7. The van der Waals surface area contributed by atoms with Gasteiger partial charge in [-0.05, 0) is 29.7 Å². The Morgan fingerprint density at radius 3 is 1.80 bits per heavy atom. The number of hydrogen-bond acceptors (Lipinski definition) is 1. The Labute approximate surface area is 95.7 Å². The predicted molar refractivity (Wildman–Crippen MR) is 70.6 cm³/mol. The van der Waals surface area contributed by atoms with Gasteiger partial charge in [-0.25, -0.2) is 0 Å². The van der Waals surface area contributed by atoms with Crippen LogP contribution in [0.2, 0.25) is 0 Å². The van der Waals surface area contributed by atoms with Crippen LogP contribution in [-0.4, -0.2) is 13.3 Å². The summed E-state index contributed by atoms with van der Waals surface area (Å²) in [7, 11) is 1.84. The molecule has 1 nitrogen and oxygen atoms in total. The van der Waals surface area contributed by atoms with E-state index in [1.54, 1.807) is 0 Å². The average molecular weight is 209 g/mol. The summed E-state index contributed by atoms with van der Waals surface area (Å²) in [6.45, 7) is 15.8. The van der Waals surface area contributed by atoms with Crippen LogP contribution in [0.5, 0.6) is 0 Å². The van der Waals surface area contributed by atoms with Crippen LogP contribution in [0.1, 0.15) is 54.9 Å². The van der Waals surface area contributed by atoms with E-state index in [1.165, 1.54) is 11.1 Å². The van der Waals surface area contributed by atoms with Crippen molar-refractivity contribution in [1.82, 2.24) is 0 Å². The third-order valence-corrected chi connectivity index (χ3v) is 2.32. The standard InChI is InChI=1S/C14H27N/c1-11(9-13(2,3)4)12(10-15-8)14(5,6)7/h10H,9H2,1-8H3/b12-11-,15-10-. The Kier molecular flexibility index (Phi) is 4.76. The van der Waals surface area contributed by atoms with Gasteiger partial charge in [0, 0.05) is 13.3 Å². The van der Waals surface area contributed by atoms with E-state index in [0.29, 0.717) is 5.41 Å². The summed E-state index contributed by atoms with van der Waals surface area (Å²) >= 11 is 0. The molecule has 0 bridgehead atoms. The molecule has 15 heavy (non-hydrogen) atoms. The molecule has 0 aromatic rings. The van der Waals surface area contributed by atoms with Gasteiger partial charge in [-0.15, -0.1) is 0 Å². The highest BCUT2D eigenvalue weighted by atomic mass is 14.6. The molecule has 0 radical (unpaired) electrons. The highest BCUT2D eigenvalue weighted by molar-refractivity contribution is 5.81. The van der Waals surface area contributed by atoms with Gasteiger partial charge in [0.25, 0.3) is 0 Å². The molecular formula is C14H27N. The Morgan fingerprint density at radius 1 is 1.07 bits per heavy atom. The summed E-state index contributed by atoms with van der Waals surface area (Å²) in [5.41, 5.74) is 3.37. The maximum absolute atomic E-state index is 4.17. The molecule has 0 N–H and O–H groups in total. The normalized spacial score (nSPS) is 15.7. The molecule has 0 spiro atoms. The van der Waals surface area contributed by atoms with E-state index in [-0.39, 0.29) is 5.41 Å². The van der Waals surface area contributed by atoms with Crippen molar-refractivity contribution >= 4 is 6.21 Å². The molecule has 0 fully saturated rings. The lowest BCUT2D eigenvalue weighted by atomic mass is 9.79. The van der Waals surface area contributed by atoms with E-state index in [2.05, 4.69) is 53.5 Å². The fraction of sp³-hybridized carbons (Fsp3) is 0.786. The van der Waals surface area contributed by atoms with Crippen LogP contribution in [0.4, 0.5) is 0 Å². The highest BCUT2D eigenvalue weighted by Crippen LogP contribution is 2.32. The maximum Gasteiger partial charge on any atom is 0.0277 e. The Balaban J connectivity index is 5.12. The molecule has 0 aliphatic carbocycles. The zero-order chi connectivity index (χ0) is 12.3. The molecule has 0 atom stereocenters. The van der Waals surface area contributed by atoms with E-state index < -0.39 is 0 Å². The topological polar surface area (TPSA) is 12.4 Å². The van der Waals surface area contributed by atoms with Gasteiger partial charge in [0.1, 0.15) is 0 Å². The third kappa shape index (κ3) is 5.76. The van der Waals surface area contributed by atoms with Gasteiger partial charge in [-0.2, -0.15) is 0 Å². The molecule has 0 saturated carbocycles. The minimum Gasteiger partial charge on any atom is -0.296 e. The monoisotopic (exact) mass is 209 g/mol. The van der Waals surface area contributed by atoms with Crippen molar-refractivity contribution in [3.05, 3.63) is 11.1 Å². The van der Waals surface area contributed by atoms with Crippen molar-refractivity contribution < 1.29 is 0 Å². The lowest BCUT2D eigenvalue weighted by molar-refractivity contribution is 0.403. The van der Waals surface area contributed by atoms with Crippen molar-refractivity contribution in [2.24, 2.45) is 15.8 Å². The molecule has 88 valence electrons. The largest absolute Gasteiger partial charge is 0.296 e. The fourth-order valence-electron chi connectivity index (χ4n) is 1.96. The van der Waals surface area contributed by atoms with Crippen LogP contribution in [0.3, 0.4) is 0 Å². The van der Waals surface area contributed by atoms with Crippen LogP contribution in [0, 0.1) is 10.8 Å². The van der Waals surface area contributed by atoms with E-state index >= 15 is 0 Å². The smallest absolute Gasteiger partial charge is 0.0277 e. The fourth-order valence-corrected chi connectivity index (χ4v) is 1.96. The minimum absolute atomic E-state index is 0.189. The lowest BCUT2D eigenvalue weighted by Gasteiger charge is -2.26. The summed E-state index contributed by atoms with van der Waals surface area (Å²) < 4.78 is 0. The average Bonchev–Trinajstić information content (AvgIpc) is 1.93. The van der Waals surface area contributed by atoms with Gasteiger partial charge in [-0.1, -0.05) is 47.1 Å². The van der Waals surface area contributed by atoms with Crippen LogP contribution < -0.4 is 0 Å². The number of nitrogens with zero attached hydrogens (tertiary/aromatic N) is 1. The molecule has 0 unspecified atom stereocenters. The molecule has 0 rings (SSSR count). The van der Waals surface area contributed by atoms with Gasteiger partial charge in [0.05, 0.1) is 0 Å². The summed E-state index contributed by atoms with van der Waals surface area (Å²) in [5.74, 6) is 0. The van der Waals surface area contributed by atoms with Crippen LogP contribution in [0.15, 0.2) is 16.1 Å². The number of aliphatic imine (C=N–C) groups is 1. The molecule has 0 aromatic carbocycles. The second-order valence-corrected chi connectivity index (χ2v) is 6.57. The number of hydrogen-bond donors (Lipinski definition) is 0. The molecule has 0 aliphatic rings. The van der Waals surface area contributed by atoms with Gasteiger partial charge in [0.15, 0.2) is 0 Å². The zero-order valence-electron chi connectivity index (χ0n) is 11.7. The molecular weight excluding hydrogens is 182 g/mol. The first kappa shape index (κ1) is 14.4. The van der Waals surface area contributed by atoms with Crippen molar-refractivity contribution in [1.29, 1.82) is 0 Å². The summed E-state index contributed by atoms with van der Waals surface area (Å²) in [5, 5.41) is 0. The highest BCUT2D eigenvalue weighted by Gasteiger charge is 2.20. The first-order valence-electron chi connectivity index (χ1n) is 5.70. The number of rotatable bonds is 2. The Hall–Kier alpha value is -0.590. The van der Waals surface area contributed by atoms with Crippen molar-refractivity contribution in [2.45, 2.75) is 54.9 Å².